The molecule has 0 radical (unpaired) electrons. The molecule has 1 aliphatic rings. The van der Waals surface area contributed by atoms with E-state index < -0.39 is 10.0 Å². The molecule has 1 aromatic rings. The van der Waals surface area contributed by atoms with Crippen molar-refractivity contribution < 1.29 is 8.42 Å². The summed E-state index contributed by atoms with van der Waals surface area (Å²) in [5.74, 6) is 0. The van der Waals surface area contributed by atoms with E-state index in [9.17, 15) is 8.42 Å². The fraction of sp³-hybridized carbons (Fsp3) is 0.600. The smallest absolute Gasteiger partial charge is 0.245 e. The van der Waals surface area contributed by atoms with E-state index in [0.717, 1.165) is 17.7 Å². The van der Waals surface area contributed by atoms with E-state index >= 15 is 0 Å². The van der Waals surface area contributed by atoms with E-state index in [0.29, 0.717) is 18.8 Å². The van der Waals surface area contributed by atoms with Crippen molar-refractivity contribution >= 4 is 15.7 Å². The molecule has 1 heterocycles. The molecule has 0 spiro atoms. The lowest BCUT2D eigenvalue weighted by Crippen LogP contribution is -2.58. The molecule has 0 amide bonds. The zero-order valence-electron chi connectivity index (χ0n) is 13.5. The van der Waals surface area contributed by atoms with Gasteiger partial charge in [-0.3, -0.25) is 4.90 Å². The summed E-state index contributed by atoms with van der Waals surface area (Å²) in [5.41, 5.74) is 8.06. The van der Waals surface area contributed by atoms with E-state index in [2.05, 4.69) is 18.7 Å². The second-order valence-electron chi connectivity index (χ2n) is 6.55. The van der Waals surface area contributed by atoms with Gasteiger partial charge in [-0.1, -0.05) is 0 Å². The minimum absolute atomic E-state index is 0.181. The number of nitrogen functional groups attached to an aromatic ring is 1. The van der Waals surface area contributed by atoms with Gasteiger partial charge >= 0.3 is 0 Å². The molecule has 5 nitrogen and oxygen atoms in total. The van der Waals surface area contributed by atoms with Crippen LogP contribution in [0.25, 0.3) is 0 Å². The molecule has 1 aromatic carbocycles. The largest absolute Gasteiger partial charge is 0.398 e. The van der Waals surface area contributed by atoms with E-state index in [1.165, 1.54) is 0 Å². The summed E-state index contributed by atoms with van der Waals surface area (Å²) < 4.78 is 27.3. The van der Waals surface area contributed by atoms with Gasteiger partial charge in [-0.15, -0.1) is 0 Å². The lowest BCUT2D eigenvalue weighted by atomic mass is 10.0. The third-order valence-corrected chi connectivity index (χ3v) is 6.43. The quantitative estimate of drug-likeness (QED) is 0.843. The summed E-state index contributed by atoms with van der Waals surface area (Å²) >= 11 is 0. The summed E-state index contributed by atoms with van der Waals surface area (Å²) in [6.07, 6.45) is 0. The molecule has 0 saturated carbocycles. The van der Waals surface area contributed by atoms with E-state index in [1.54, 1.807) is 16.4 Å². The highest BCUT2D eigenvalue weighted by Crippen LogP contribution is 2.29. The lowest BCUT2D eigenvalue weighted by Gasteiger charge is -2.44. The molecule has 1 fully saturated rings. The Hall–Kier alpha value is -1.11. The van der Waals surface area contributed by atoms with Crippen LogP contribution in [0.3, 0.4) is 0 Å². The van der Waals surface area contributed by atoms with Crippen LogP contribution < -0.4 is 5.73 Å². The maximum atomic E-state index is 12.9. The van der Waals surface area contributed by atoms with Crippen LogP contribution in [0.15, 0.2) is 17.0 Å². The standard InChI is InChI=1S/C15H25N3O2S/c1-11-8-13(16)14(9-12(11)2)21(19,20)18-7-6-17(5)15(3,4)10-18/h8-9H,6-7,10,16H2,1-5H3. The average molecular weight is 311 g/mol. The Bertz CT molecular complexity index is 653. The van der Waals surface area contributed by atoms with Crippen molar-refractivity contribution in [2.45, 2.75) is 38.1 Å². The number of hydrogen-bond acceptors (Lipinski definition) is 4. The molecule has 6 heteroatoms. The summed E-state index contributed by atoms with van der Waals surface area (Å²) in [5, 5.41) is 0. The molecule has 0 aromatic heterocycles. The first kappa shape index (κ1) is 16.3. The van der Waals surface area contributed by atoms with Crippen LogP contribution in [-0.2, 0) is 10.0 Å². The summed E-state index contributed by atoms with van der Waals surface area (Å²) in [7, 11) is -1.52. The van der Waals surface area contributed by atoms with Crippen LogP contribution in [0.2, 0.25) is 0 Å². The van der Waals surface area contributed by atoms with Crippen molar-refractivity contribution in [1.29, 1.82) is 0 Å². The Kier molecular flexibility index (Phi) is 4.08. The van der Waals surface area contributed by atoms with Crippen LogP contribution >= 0.6 is 0 Å². The summed E-state index contributed by atoms with van der Waals surface area (Å²) in [6, 6.07) is 3.43. The van der Waals surface area contributed by atoms with Gasteiger partial charge in [-0.2, -0.15) is 4.31 Å². The maximum absolute atomic E-state index is 12.9. The van der Waals surface area contributed by atoms with E-state index in [-0.39, 0.29) is 10.4 Å². The van der Waals surface area contributed by atoms with Gasteiger partial charge < -0.3 is 5.73 Å². The number of sulfonamides is 1. The molecule has 0 aliphatic carbocycles. The molecule has 2 rings (SSSR count). The van der Waals surface area contributed by atoms with Crippen LogP contribution in [0.4, 0.5) is 5.69 Å². The topological polar surface area (TPSA) is 66.6 Å². The molecule has 21 heavy (non-hydrogen) atoms. The highest BCUT2D eigenvalue weighted by atomic mass is 32.2. The summed E-state index contributed by atoms with van der Waals surface area (Å²) in [4.78, 5) is 2.41. The van der Waals surface area contributed by atoms with Crippen LogP contribution in [0.5, 0.6) is 0 Å². The molecule has 0 atom stereocenters. The Morgan fingerprint density at radius 2 is 1.71 bits per heavy atom. The molecule has 118 valence electrons. The monoisotopic (exact) mass is 311 g/mol. The fourth-order valence-electron chi connectivity index (χ4n) is 2.58. The molecule has 0 unspecified atom stereocenters. The van der Waals surface area contributed by atoms with Gasteiger partial charge in [0.05, 0.1) is 5.69 Å². The van der Waals surface area contributed by atoms with Gasteiger partial charge in [0.2, 0.25) is 10.0 Å². The van der Waals surface area contributed by atoms with Crippen molar-refractivity contribution in [3.63, 3.8) is 0 Å². The lowest BCUT2D eigenvalue weighted by molar-refractivity contribution is 0.0802. The first-order valence-corrected chi connectivity index (χ1v) is 8.58. The normalized spacial score (nSPS) is 20.6. The molecule has 1 aliphatic heterocycles. The Labute approximate surface area is 127 Å². The minimum Gasteiger partial charge on any atom is -0.398 e. The Morgan fingerprint density at radius 3 is 2.29 bits per heavy atom. The van der Waals surface area contributed by atoms with Crippen LogP contribution in [-0.4, -0.2) is 49.8 Å². The van der Waals surface area contributed by atoms with Gasteiger partial charge in [0, 0.05) is 25.2 Å². The van der Waals surface area contributed by atoms with Gasteiger partial charge in [-0.05, 0) is 58.0 Å². The van der Waals surface area contributed by atoms with Crippen molar-refractivity contribution in [2.24, 2.45) is 0 Å². The number of benzene rings is 1. The number of nitrogens with two attached hydrogens (primary N) is 1. The average Bonchev–Trinajstić information content (AvgIpc) is 2.36. The number of piperazine rings is 1. The first-order valence-electron chi connectivity index (χ1n) is 7.14. The number of rotatable bonds is 2. The number of likely N-dealkylation sites (N-methyl/N-ethyl adjacent to an activating group) is 1. The van der Waals surface area contributed by atoms with Gasteiger partial charge in [-0.25, -0.2) is 8.42 Å². The first-order chi connectivity index (χ1) is 9.55. The summed E-state index contributed by atoms with van der Waals surface area (Å²) in [6.45, 7) is 9.63. The SMILES string of the molecule is Cc1cc(N)c(S(=O)(=O)N2CCN(C)C(C)(C)C2)cc1C. The van der Waals surface area contributed by atoms with E-state index in [1.807, 2.05) is 20.9 Å². The third kappa shape index (κ3) is 2.93. The maximum Gasteiger partial charge on any atom is 0.245 e. The number of anilines is 1. The van der Waals surface area contributed by atoms with Crippen molar-refractivity contribution in [2.75, 3.05) is 32.4 Å². The van der Waals surface area contributed by atoms with Gasteiger partial charge in [0.15, 0.2) is 0 Å². The minimum atomic E-state index is -3.54. The molecule has 1 saturated heterocycles. The highest BCUT2D eigenvalue weighted by molar-refractivity contribution is 7.89. The third-order valence-electron chi connectivity index (χ3n) is 4.53. The fourth-order valence-corrected chi connectivity index (χ4v) is 4.34. The Balaban J connectivity index is 2.42. The number of nitrogens with zero attached hydrogens (tertiary/aromatic N) is 2. The van der Waals surface area contributed by atoms with Crippen LogP contribution in [0, 0.1) is 13.8 Å². The van der Waals surface area contributed by atoms with Gasteiger partial charge in [0.1, 0.15) is 4.90 Å². The molecule has 2 N–H and O–H groups in total. The van der Waals surface area contributed by atoms with Crippen molar-refractivity contribution in [1.82, 2.24) is 9.21 Å². The predicted molar refractivity (Wildman–Crippen MR) is 85.8 cm³/mol. The Morgan fingerprint density at radius 1 is 1.14 bits per heavy atom. The second kappa shape index (κ2) is 5.26. The highest BCUT2D eigenvalue weighted by Gasteiger charge is 2.37. The van der Waals surface area contributed by atoms with Crippen molar-refractivity contribution in [3.05, 3.63) is 23.3 Å². The number of hydrogen-bond donors (Lipinski definition) is 1. The molecular weight excluding hydrogens is 286 g/mol. The second-order valence-corrected chi connectivity index (χ2v) is 8.45. The number of aryl methyl sites for hydroxylation is 2. The van der Waals surface area contributed by atoms with Crippen molar-refractivity contribution in [3.8, 4) is 0 Å². The van der Waals surface area contributed by atoms with Gasteiger partial charge in [0.25, 0.3) is 0 Å². The van der Waals surface area contributed by atoms with E-state index in [4.69, 9.17) is 5.73 Å². The molecule has 0 bridgehead atoms. The predicted octanol–water partition coefficient (Wildman–Crippen LogP) is 1.60. The zero-order chi connectivity index (χ0) is 16.0. The zero-order valence-corrected chi connectivity index (χ0v) is 14.3. The molecular formula is C15H25N3O2S. The van der Waals surface area contributed by atoms with Crippen LogP contribution in [0.1, 0.15) is 25.0 Å².